The highest BCUT2D eigenvalue weighted by Gasteiger charge is 2.57. The van der Waals surface area contributed by atoms with Gasteiger partial charge in [-0.1, -0.05) is 37.3 Å². The maximum Gasteiger partial charge on any atom is 0.330 e. The van der Waals surface area contributed by atoms with Gasteiger partial charge in [0.25, 0.3) is 14.1 Å². The molecule has 1 unspecified atom stereocenters. The summed E-state index contributed by atoms with van der Waals surface area (Å²) in [6.07, 6.45) is 2.38. The van der Waals surface area contributed by atoms with Crippen LogP contribution in [0.1, 0.15) is 50.5 Å². The van der Waals surface area contributed by atoms with Gasteiger partial charge in [0.05, 0.1) is 12.1 Å². The van der Waals surface area contributed by atoms with Crippen LogP contribution in [0.25, 0.3) is 0 Å². The molecule has 0 saturated carbocycles. The predicted molar refractivity (Wildman–Crippen MR) is 127 cm³/mol. The Morgan fingerprint density at radius 2 is 2.00 bits per heavy atom. The zero-order chi connectivity index (χ0) is 24.0. The number of benzene rings is 1. The summed E-state index contributed by atoms with van der Waals surface area (Å²) in [6.45, 7) is 6.75. The first kappa shape index (κ1) is 23.9. The summed E-state index contributed by atoms with van der Waals surface area (Å²) in [7, 11) is 0.240. The smallest absolute Gasteiger partial charge is 0.330 e. The lowest BCUT2D eigenvalue weighted by Gasteiger charge is -2.29. The zero-order valence-electron chi connectivity index (χ0n) is 20.0. The van der Waals surface area contributed by atoms with Crippen molar-refractivity contribution >= 4 is 8.53 Å². The SMILES string of the molecule is CC[C@H]1O[C@@H](n2cc(C)c(=O)[nH]c2=O)C(OC)[C@H]1O[P@@]1O[C@](C)(c2ccccc2)[C@@H]2CCCN21. The Hall–Kier alpha value is -1.87. The first-order valence-corrected chi connectivity index (χ1v) is 13.0. The number of H-pyrrole nitrogens is 1. The third-order valence-electron chi connectivity index (χ3n) is 7.28. The van der Waals surface area contributed by atoms with Crippen LogP contribution in [0.5, 0.6) is 0 Å². The molecule has 184 valence electrons. The molecule has 0 aliphatic carbocycles. The van der Waals surface area contributed by atoms with Crippen molar-refractivity contribution in [2.75, 3.05) is 13.7 Å². The minimum Gasteiger partial charge on any atom is -0.374 e. The fraction of sp³-hybridized carbons (Fsp3) is 0.583. The minimum atomic E-state index is -1.35. The number of ether oxygens (including phenoxy) is 2. The highest BCUT2D eigenvalue weighted by Crippen LogP contribution is 2.64. The maximum absolute atomic E-state index is 12.6. The lowest BCUT2D eigenvalue weighted by molar-refractivity contribution is -0.0540. The van der Waals surface area contributed by atoms with Crippen molar-refractivity contribution in [1.82, 2.24) is 14.2 Å². The number of hydrogen-bond donors (Lipinski definition) is 1. The van der Waals surface area contributed by atoms with Crippen LogP contribution < -0.4 is 11.2 Å². The zero-order valence-corrected chi connectivity index (χ0v) is 20.9. The van der Waals surface area contributed by atoms with Crippen molar-refractivity contribution in [2.24, 2.45) is 0 Å². The van der Waals surface area contributed by atoms with E-state index in [-0.39, 0.29) is 12.1 Å². The van der Waals surface area contributed by atoms with Gasteiger partial charge in [0.15, 0.2) is 6.23 Å². The second-order valence-corrected chi connectivity index (χ2v) is 10.7. The van der Waals surface area contributed by atoms with E-state index in [2.05, 4.69) is 28.7 Å². The molecule has 3 aliphatic heterocycles. The fourth-order valence-electron chi connectivity index (χ4n) is 5.40. The molecule has 0 bridgehead atoms. The number of methoxy groups -OCH3 is 1. The quantitative estimate of drug-likeness (QED) is 0.623. The molecule has 1 aromatic heterocycles. The molecule has 1 N–H and O–H groups in total. The van der Waals surface area contributed by atoms with Gasteiger partial charge in [-0.3, -0.25) is 14.3 Å². The number of rotatable bonds is 6. The molecule has 2 aromatic rings. The Kier molecular flexibility index (Phi) is 6.52. The lowest BCUT2D eigenvalue weighted by atomic mass is 9.87. The number of nitrogens with one attached hydrogen (secondary N) is 1. The molecule has 7 atom stereocenters. The Morgan fingerprint density at radius 1 is 1.24 bits per heavy atom. The van der Waals surface area contributed by atoms with E-state index in [4.69, 9.17) is 18.5 Å². The predicted octanol–water partition coefficient (Wildman–Crippen LogP) is 3.19. The van der Waals surface area contributed by atoms with Crippen molar-refractivity contribution in [3.63, 3.8) is 0 Å². The highest BCUT2D eigenvalue weighted by atomic mass is 31.2. The summed E-state index contributed by atoms with van der Waals surface area (Å²) in [5.74, 6) is 0. The lowest BCUT2D eigenvalue weighted by Crippen LogP contribution is -2.40. The molecular formula is C24H32N3O6P. The van der Waals surface area contributed by atoms with Crippen LogP contribution in [0.4, 0.5) is 0 Å². The molecule has 9 nitrogen and oxygen atoms in total. The van der Waals surface area contributed by atoms with Crippen molar-refractivity contribution in [3.8, 4) is 0 Å². The maximum atomic E-state index is 12.6. The van der Waals surface area contributed by atoms with E-state index in [0.717, 1.165) is 24.9 Å². The first-order chi connectivity index (χ1) is 16.4. The fourth-order valence-corrected chi connectivity index (χ4v) is 7.55. The molecular weight excluding hydrogens is 457 g/mol. The topological polar surface area (TPSA) is 95.0 Å². The number of aryl methyl sites for hydroxylation is 1. The molecule has 3 saturated heterocycles. The standard InChI is InChI=1S/C24H32N3O6P/c1-5-17-19(20(30-4)22(31-17)26-14-15(2)21(28)25-23(26)29)32-34-27-13-9-12-18(27)24(3,33-34)16-10-7-6-8-11-16/h6-8,10-11,14,17-20,22H,5,9,12-13H2,1-4H3,(H,25,28,29)/t17-,18+,19+,20?,22-,24-,34+/m1/s1. The van der Waals surface area contributed by atoms with E-state index in [1.165, 1.54) is 10.8 Å². The summed E-state index contributed by atoms with van der Waals surface area (Å²) < 4.78 is 29.2. The Bertz CT molecular complexity index is 1140. The van der Waals surface area contributed by atoms with Crippen LogP contribution in [-0.2, 0) is 24.1 Å². The van der Waals surface area contributed by atoms with Gasteiger partial charge >= 0.3 is 5.69 Å². The van der Waals surface area contributed by atoms with Gasteiger partial charge in [-0.05, 0) is 38.7 Å². The average molecular weight is 490 g/mol. The monoisotopic (exact) mass is 489 g/mol. The summed E-state index contributed by atoms with van der Waals surface area (Å²) in [5, 5.41) is 0. The molecule has 1 aromatic carbocycles. The number of aromatic nitrogens is 2. The molecule has 3 fully saturated rings. The normalized spacial score (nSPS) is 35.6. The molecule has 5 rings (SSSR count). The van der Waals surface area contributed by atoms with Crippen LogP contribution in [0.3, 0.4) is 0 Å². The summed E-state index contributed by atoms with van der Waals surface area (Å²) in [5.41, 5.74) is 0.178. The Labute approximate surface area is 199 Å². The minimum absolute atomic E-state index is 0.240. The van der Waals surface area contributed by atoms with E-state index in [1.54, 1.807) is 14.0 Å². The van der Waals surface area contributed by atoms with E-state index >= 15 is 0 Å². The summed E-state index contributed by atoms with van der Waals surface area (Å²) in [4.78, 5) is 26.8. The van der Waals surface area contributed by atoms with Crippen molar-refractivity contribution in [3.05, 3.63) is 68.5 Å². The van der Waals surface area contributed by atoms with E-state index in [0.29, 0.717) is 12.0 Å². The van der Waals surface area contributed by atoms with Gasteiger partial charge in [0.1, 0.15) is 17.8 Å². The van der Waals surface area contributed by atoms with Crippen molar-refractivity contribution < 1.29 is 18.5 Å². The third kappa shape index (κ3) is 3.88. The molecule has 3 aliphatic rings. The summed E-state index contributed by atoms with van der Waals surface area (Å²) in [6, 6.07) is 10.6. The van der Waals surface area contributed by atoms with Crippen LogP contribution in [0.2, 0.25) is 0 Å². The molecule has 0 amide bonds. The van der Waals surface area contributed by atoms with Crippen LogP contribution in [-0.4, -0.2) is 52.2 Å². The third-order valence-corrected chi connectivity index (χ3v) is 9.13. The summed E-state index contributed by atoms with van der Waals surface area (Å²) >= 11 is 0. The second-order valence-electron chi connectivity index (χ2n) is 9.35. The molecule has 0 radical (unpaired) electrons. The van der Waals surface area contributed by atoms with E-state index in [1.807, 2.05) is 25.1 Å². The number of nitrogens with zero attached hydrogens (tertiary/aromatic N) is 2. The average Bonchev–Trinajstić information content (AvgIpc) is 3.52. The second kappa shape index (κ2) is 9.30. The van der Waals surface area contributed by atoms with E-state index in [9.17, 15) is 9.59 Å². The van der Waals surface area contributed by atoms with Crippen LogP contribution >= 0.6 is 8.53 Å². The van der Waals surface area contributed by atoms with Gasteiger partial charge in [-0.2, -0.15) is 0 Å². The number of aromatic amines is 1. The van der Waals surface area contributed by atoms with Gasteiger partial charge in [-0.25, -0.2) is 9.46 Å². The van der Waals surface area contributed by atoms with Gasteiger partial charge in [0.2, 0.25) is 0 Å². The first-order valence-electron chi connectivity index (χ1n) is 11.9. The van der Waals surface area contributed by atoms with Gasteiger partial charge < -0.3 is 18.5 Å². The van der Waals surface area contributed by atoms with Crippen LogP contribution in [0, 0.1) is 6.92 Å². The molecule has 34 heavy (non-hydrogen) atoms. The largest absolute Gasteiger partial charge is 0.374 e. The molecule has 10 heteroatoms. The van der Waals surface area contributed by atoms with Crippen LogP contribution in [0.15, 0.2) is 46.1 Å². The van der Waals surface area contributed by atoms with Gasteiger partial charge in [-0.15, -0.1) is 0 Å². The Balaban J connectivity index is 1.44. The van der Waals surface area contributed by atoms with E-state index < -0.39 is 43.8 Å². The van der Waals surface area contributed by atoms with Crippen molar-refractivity contribution in [2.45, 2.75) is 76.2 Å². The van der Waals surface area contributed by atoms with Gasteiger partial charge in [0, 0.05) is 25.4 Å². The van der Waals surface area contributed by atoms with Crippen molar-refractivity contribution in [1.29, 1.82) is 0 Å². The highest BCUT2D eigenvalue weighted by molar-refractivity contribution is 7.45. The Morgan fingerprint density at radius 3 is 2.71 bits per heavy atom. The number of fused-ring (bicyclic) bond motifs is 1. The molecule has 4 heterocycles. The molecule has 0 spiro atoms. The number of hydrogen-bond acceptors (Lipinski definition) is 7.